The van der Waals surface area contributed by atoms with Gasteiger partial charge in [0, 0.05) is 44.9 Å². The Morgan fingerprint density at radius 1 is 1.20 bits per heavy atom. The molecule has 0 saturated carbocycles. The Hall–Kier alpha value is -2.11. The molecule has 0 bridgehead atoms. The molecule has 2 heterocycles. The fourth-order valence-electron chi connectivity index (χ4n) is 3.30. The molecule has 132 valence electrons. The first-order valence-electron chi connectivity index (χ1n) is 8.27. The number of rotatable bonds is 6. The predicted octanol–water partition coefficient (Wildman–Crippen LogP) is 2.33. The Bertz CT molecular complexity index is 737. The number of nitrogens with zero attached hydrogens (tertiary/aromatic N) is 3. The fraction of sp³-hybridized carbons (Fsp3) is 0.368. The lowest BCUT2D eigenvalue weighted by Crippen LogP contribution is -2.62. The number of pyridine rings is 1. The Morgan fingerprint density at radius 3 is 2.36 bits per heavy atom. The van der Waals surface area contributed by atoms with Crippen molar-refractivity contribution in [2.24, 2.45) is 11.1 Å². The van der Waals surface area contributed by atoms with Gasteiger partial charge in [-0.3, -0.25) is 9.69 Å². The standard InChI is InChI=1S/C19H23ClN4O/c1-23(2)17-8-5-15(10-22-17)11-24-12-19(13-24,18(21)25)9-14-3-6-16(20)7-4-14/h3-8,10H,9,11-13H2,1-2H3,(H2,21,25). The van der Waals surface area contributed by atoms with Gasteiger partial charge in [-0.05, 0) is 35.7 Å². The first-order chi connectivity index (χ1) is 11.9. The van der Waals surface area contributed by atoms with Crippen molar-refractivity contribution in [2.45, 2.75) is 13.0 Å². The van der Waals surface area contributed by atoms with E-state index in [0.717, 1.165) is 23.5 Å². The molecule has 1 amide bonds. The van der Waals surface area contributed by atoms with E-state index < -0.39 is 5.41 Å². The van der Waals surface area contributed by atoms with Crippen LogP contribution >= 0.6 is 11.6 Å². The summed E-state index contributed by atoms with van der Waals surface area (Å²) in [7, 11) is 3.94. The average Bonchev–Trinajstić information content (AvgIpc) is 2.54. The number of carbonyl (C=O) groups is 1. The minimum atomic E-state index is -0.495. The van der Waals surface area contributed by atoms with Crippen LogP contribution in [0.2, 0.25) is 5.02 Å². The van der Waals surface area contributed by atoms with Gasteiger partial charge in [0.25, 0.3) is 0 Å². The second kappa shape index (κ2) is 7.02. The molecule has 0 spiro atoms. The van der Waals surface area contributed by atoms with E-state index in [9.17, 15) is 4.79 Å². The van der Waals surface area contributed by atoms with E-state index in [4.69, 9.17) is 17.3 Å². The molecule has 0 unspecified atom stereocenters. The molecular weight excluding hydrogens is 336 g/mol. The van der Waals surface area contributed by atoms with Crippen LogP contribution in [-0.4, -0.2) is 43.0 Å². The van der Waals surface area contributed by atoms with Crippen LogP contribution in [0.4, 0.5) is 5.82 Å². The number of hydrogen-bond acceptors (Lipinski definition) is 4. The zero-order valence-corrected chi connectivity index (χ0v) is 15.3. The third kappa shape index (κ3) is 3.94. The van der Waals surface area contributed by atoms with Gasteiger partial charge in [0.15, 0.2) is 0 Å². The molecule has 6 heteroatoms. The summed E-state index contributed by atoms with van der Waals surface area (Å²) in [6.07, 6.45) is 2.53. The minimum Gasteiger partial charge on any atom is -0.369 e. The van der Waals surface area contributed by atoms with Crippen LogP contribution in [0.15, 0.2) is 42.6 Å². The molecule has 1 aromatic heterocycles. The lowest BCUT2D eigenvalue weighted by atomic mass is 9.74. The average molecular weight is 359 g/mol. The maximum absolute atomic E-state index is 12.0. The van der Waals surface area contributed by atoms with Crippen molar-refractivity contribution in [3.05, 3.63) is 58.7 Å². The summed E-state index contributed by atoms with van der Waals surface area (Å²) >= 11 is 5.93. The summed E-state index contributed by atoms with van der Waals surface area (Å²) in [6.45, 7) is 2.11. The molecule has 3 rings (SSSR count). The zero-order valence-electron chi connectivity index (χ0n) is 14.6. The highest BCUT2D eigenvalue weighted by Crippen LogP contribution is 2.35. The number of aromatic nitrogens is 1. The third-order valence-corrected chi connectivity index (χ3v) is 4.96. The number of halogens is 1. The normalized spacial score (nSPS) is 16.3. The molecular formula is C19H23ClN4O. The monoisotopic (exact) mass is 358 g/mol. The third-order valence-electron chi connectivity index (χ3n) is 4.70. The predicted molar refractivity (Wildman–Crippen MR) is 101 cm³/mol. The molecule has 1 saturated heterocycles. The van der Waals surface area contributed by atoms with E-state index in [1.54, 1.807) is 0 Å². The molecule has 2 N–H and O–H groups in total. The van der Waals surface area contributed by atoms with E-state index in [1.807, 2.05) is 55.5 Å². The lowest BCUT2D eigenvalue weighted by Gasteiger charge is -2.48. The molecule has 1 aliphatic heterocycles. The second-order valence-electron chi connectivity index (χ2n) is 7.01. The van der Waals surface area contributed by atoms with Crippen molar-refractivity contribution < 1.29 is 4.79 Å². The van der Waals surface area contributed by atoms with Crippen LogP contribution in [0.3, 0.4) is 0 Å². The van der Waals surface area contributed by atoms with Crippen molar-refractivity contribution in [1.29, 1.82) is 0 Å². The van der Waals surface area contributed by atoms with Gasteiger partial charge in [-0.25, -0.2) is 4.98 Å². The SMILES string of the molecule is CN(C)c1ccc(CN2CC(Cc3ccc(Cl)cc3)(C(N)=O)C2)cn1. The molecule has 1 aliphatic rings. The highest BCUT2D eigenvalue weighted by atomic mass is 35.5. The quantitative estimate of drug-likeness (QED) is 0.860. The summed E-state index contributed by atoms with van der Waals surface area (Å²) in [6, 6.07) is 11.7. The maximum atomic E-state index is 12.0. The molecule has 0 atom stereocenters. The van der Waals surface area contributed by atoms with E-state index in [2.05, 4.69) is 16.0 Å². The number of benzene rings is 1. The van der Waals surface area contributed by atoms with Gasteiger partial charge in [-0.2, -0.15) is 0 Å². The van der Waals surface area contributed by atoms with Crippen LogP contribution in [0, 0.1) is 5.41 Å². The topological polar surface area (TPSA) is 62.5 Å². The van der Waals surface area contributed by atoms with Crippen LogP contribution in [-0.2, 0) is 17.8 Å². The number of hydrogen-bond donors (Lipinski definition) is 1. The van der Waals surface area contributed by atoms with Crippen molar-refractivity contribution in [1.82, 2.24) is 9.88 Å². The largest absolute Gasteiger partial charge is 0.369 e. The van der Waals surface area contributed by atoms with Crippen LogP contribution in [0.1, 0.15) is 11.1 Å². The smallest absolute Gasteiger partial charge is 0.226 e. The molecule has 25 heavy (non-hydrogen) atoms. The van der Waals surface area contributed by atoms with Crippen molar-refractivity contribution >= 4 is 23.3 Å². The Kier molecular flexibility index (Phi) is 4.97. The van der Waals surface area contributed by atoms with Gasteiger partial charge in [0.05, 0.1) is 5.41 Å². The maximum Gasteiger partial charge on any atom is 0.226 e. The van der Waals surface area contributed by atoms with Gasteiger partial charge in [-0.15, -0.1) is 0 Å². The summed E-state index contributed by atoms with van der Waals surface area (Å²) < 4.78 is 0. The van der Waals surface area contributed by atoms with Crippen LogP contribution < -0.4 is 10.6 Å². The summed E-state index contributed by atoms with van der Waals surface area (Å²) in [5, 5.41) is 0.695. The summed E-state index contributed by atoms with van der Waals surface area (Å²) in [4.78, 5) is 20.7. The first kappa shape index (κ1) is 17.7. The van der Waals surface area contributed by atoms with Gasteiger partial charge in [-0.1, -0.05) is 29.8 Å². The lowest BCUT2D eigenvalue weighted by molar-refractivity contribution is -0.138. The van der Waals surface area contributed by atoms with Crippen molar-refractivity contribution in [3.8, 4) is 0 Å². The first-order valence-corrected chi connectivity index (χ1v) is 8.65. The molecule has 1 aromatic carbocycles. The Balaban J connectivity index is 1.62. The molecule has 2 aromatic rings. The fourth-order valence-corrected chi connectivity index (χ4v) is 3.43. The highest BCUT2D eigenvalue weighted by Gasteiger charge is 2.47. The Labute approximate surface area is 153 Å². The van der Waals surface area contributed by atoms with Gasteiger partial charge in [0.1, 0.15) is 5.82 Å². The number of primary amides is 1. The van der Waals surface area contributed by atoms with Crippen molar-refractivity contribution in [3.63, 3.8) is 0 Å². The molecule has 0 aliphatic carbocycles. The summed E-state index contributed by atoms with van der Waals surface area (Å²) in [5.74, 6) is 0.696. The molecule has 0 radical (unpaired) electrons. The van der Waals surface area contributed by atoms with Crippen molar-refractivity contribution in [2.75, 3.05) is 32.1 Å². The Morgan fingerprint density at radius 2 is 1.84 bits per heavy atom. The number of amides is 1. The highest BCUT2D eigenvalue weighted by molar-refractivity contribution is 6.30. The number of nitrogens with two attached hydrogens (primary N) is 1. The van der Waals surface area contributed by atoms with E-state index in [0.29, 0.717) is 24.5 Å². The van der Waals surface area contributed by atoms with Gasteiger partial charge >= 0.3 is 0 Å². The van der Waals surface area contributed by atoms with Gasteiger partial charge in [0.2, 0.25) is 5.91 Å². The van der Waals surface area contributed by atoms with E-state index >= 15 is 0 Å². The minimum absolute atomic E-state index is 0.236. The molecule has 5 nitrogen and oxygen atoms in total. The number of anilines is 1. The van der Waals surface area contributed by atoms with E-state index in [1.165, 1.54) is 0 Å². The summed E-state index contributed by atoms with van der Waals surface area (Å²) in [5.41, 5.74) is 7.43. The number of likely N-dealkylation sites (tertiary alicyclic amines) is 1. The molecule has 1 fully saturated rings. The van der Waals surface area contributed by atoms with Gasteiger partial charge < -0.3 is 10.6 Å². The number of carbonyl (C=O) groups excluding carboxylic acids is 1. The van der Waals surface area contributed by atoms with Crippen LogP contribution in [0.25, 0.3) is 0 Å². The van der Waals surface area contributed by atoms with Crippen LogP contribution in [0.5, 0.6) is 0 Å². The second-order valence-corrected chi connectivity index (χ2v) is 7.45. The van der Waals surface area contributed by atoms with E-state index in [-0.39, 0.29) is 5.91 Å². The zero-order chi connectivity index (χ0) is 18.0.